The average molecular weight is 512 g/mol. The summed E-state index contributed by atoms with van der Waals surface area (Å²) in [5.74, 6) is 0.362. The molecule has 1 atom stereocenters. The molecule has 0 aliphatic carbocycles. The lowest BCUT2D eigenvalue weighted by atomic mass is 10.00. The SMILES string of the molecule is CN1Cc2cc(ccc2S)NC(=O)CCCc2ccc(cc2)[C@@H](Nc2ccc3c(N)nccc3c2)C1=O. The molecule has 4 N–H and O–H groups in total. The lowest BCUT2D eigenvalue weighted by Gasteiger charge is -2.27. The zero-order valence-electron chi connectivity index (χ0n) is 20.6. The molecule has 4 aromatic rings. The summed E-state index contributed by atoms with van der Waals surface area (Å²) >= 11 is 4.59. The minimum atomic E-state index is -0.602. The van der Waals surface area contributed by atoms with E-state index < -0.39 is 6.04 Å². The summed E-state index contributed by atoms with van der Waals surface area (Å²) in [5.41, 5.74) is 10.4. The van der Waals surface area contributed by atoms with Crippen molar-refractivity contribution in [3.8, 4) is 0 Å². The molecule has 3 aromatic carbocycles. The van der Waals surface area contributed by atoms with E-state index in [0.717, 1.165) is 50.9 Å². The largest absolute Gasteiger partial charge is 0.383 e. The number of nitrogens with two attached hydrogens (primary N) is 1. The van der Waals surface area contributed by atoms with Gasteiger partial charge in [0.25, 0.3) is 0 Å². The van der Waals surface area contributed by atoms with Crippen molar-refractivity contribution in [1.82, 2.24) is 9.88 Å². The number of aromatic nitrogens is 1. The molecule has 0 saturated carbocycles. The number of amides is 2. The van der Waals surface area contributed by atoms with Crippen molar-refractivity contribution < 1.29 is 9.59 Å². The third-order valence-electron chi connectivity index (χ3n) is 6.68. The van der Waals surface area contributed by atoms with Crippen LogP contribution in [0.2, 0.25) is 0 Å². The van der Waals surface area contributed by atoms with Crippen LogP contribution in [0.5, 0.6) is 0 Å². The number of carbonyl (C=O) groups is 2. The fourth-order valence-electron chi connectivity index (χ4n) is 4.64. The molecule has 6 rings (SSSR count). The number of likely N-dealkylation sites (N-methyl/N-ethyl adjacent to an activating group) is 1. The van der Waals surface area contributed by atoms with Crippen LogP contribution >= 0.6 is 12.6 Å². The molecule has 0 fully saturated rings. The first-order valence-corrected chi connectivity index (χ1v) is 12.7. The number of pyridine rings is 1. The molecule has 2 aliphatic heterocycles. The van der Waals surface area contributed by atoms with Crippen LogP contribution in [-0.2, 0) is 22.6 Å². The van der Waals surface area contributed by atoms with E-state index in [1.165, 1.54) is 0 Å². The van der Waals surface area contributed by atoms with Crippen molar-refractivity contribution >= 4 is 52.4 Å². The normalized spacial score (nSPS) is 16.6. The first-order valence-electron chi connectivity index (χ1n) is 12.2. The standard InChI is InChI=1S/C29H29N5O2S/c1-34-17-21-16-22(10-12-25(21)37)32-26(35)4-2-3-18-5-7-19(8-6-18)27(29(34)36)33-23-9-11-24-20(15-23)13-14-31-28(24)30/h5-16,27,33,37H,2-4,17H2,1H3,(H2,30,31)(H,32,35)/t27-/m1/s1. The van der Waals surface area contributed by atoms with Crippen LogP contribution in [-0.4, -0.2) is 28.7 Å². The highest BCUT2D eigenvalue weighted by Gasteiger charge is 2.25. The fraction of sp³-hybridized carbons (Fsp3) is 0.207. The Labute approximate surface area is 221 Å². The summed E-state index contributed by atoms with van der Waals surface area (Å²) in [6.45, 7) is 0.345. The Hall–Kier alpha value is -4.04. The molecule has 2 amide bonds. The van der Waals surface area contributed by atoms with Gasteiger partial charge in [0.1, 0.15) is 11.9 Å². The van der Waals surface area contributed by atoms with E-state index in [-0.39, 0.29) is 11.8 Å². The zero-order chi connectivity index (χ0) is 25.9. The molecule has 8 heteroatoms. The Kier molecular flexibility index (Phi) is 7.01. The quantitative estimate of drug-likeness (QED) is 0.278. The molecule has 188 valence electrons. The smallest absolute Gasteiger partial charge is 0.249 e. The van der Waals surface area contributed by atoms with Crippen molar-refractivity contribution in [3.63, 3.8) is 0 Å². The van der Waals surface area contributed by atoms with Crippen molar-refractivity contribution in [2.24, 2.45) is 0 Å². The maximum absolute atomic E-state index is 13.8. The first-order chi connectivity index (χ1) is 17.9. The average Bonchev–Trinajstić information content (AvgIpc) is 2.89. The van der Waals surface area contributed by atoms with Gasteiger partial charge in [0.05, 0.1) is 0 Å². The van der Waals surface area contributed by atoms with Gasteiger partial charge in [0.15, 0.2) is 0 Å². The summed E-state index contributed by atoms with van der Waals surface area (Å²) in [5, 5.41) is 8.23. The molecule has 0 saturated heterocycles. The van der Waals surface area contributed by atoms with E-state index in [4.69, 9.17) is 5.73 Å². The number of nitrogens with zero attached hydrogens (tertiary/aromatic N) is 2. The molecule has 7 nitrogen and oxygen atoms in total. The van der Waals surface area contributed by atoms with Crippen LogP contribution in [0.1, 0.15) is 35.6 Å². The number of thiol groups is 1. The number of carbonyl (C=O) groups excluding carboxylic acids is 2. The molecule has 1 aromatic heterocycles. The Balaban J connectivity index is 1.51. The molecule has 0 radical (unpaired) electrons. The van der Waals surface area contributed by atoms with Gasteiger partial charge in [0.2, 0.25) is 11.8 Å². The lowest BCUT2D eigenvalue weighted by Crippen LogP contribution is -2.35. The molecule has 2 aliphatic rings. The maximum atomic E-state index is 13.8. The van der Waals surface area contributed by atoms with Gasteiger partial charge in [-0.15, -0.1) is 12.6 Å². The molecule has 0 unspecified atom stereocenters. The topological polar surface area (TPSA) is 100 Å². The number of aryl methyl sites for hydroxylation is 1. The number of benzene rings is 3. The second-order valence-electron chi connectivity index (χ2n) is 9.39. The number of anilines is 3. The third-order valence-corrected chi connectivity index (χ3v) is 7.12. The number of hydrogen-bond acceptors (Lipinski definition) is 6. The van der Waals surface area contributed by atoms with Gasteiger partial charge in [-0.2, -0.15) is 0 Å². The lowest BCUT2D eigenvalue weighted by molar-refractivity contribution is -0.131. The van der Waals surface area contributed by atoms with Crippen molar-refractivity contribution in [1.29, 1.82) is 0 Å². The highest BCUT2D eigenvalue weighted by molar-refractivity contribution is 7.80. The third kappa shape index (κ3) is 5.54. The van der Waals surface area contributed by atoms with Gasteiger partial charge in [-0.05, 0) is 77.4 Å². The summed E-state index contributed by atoms with van der Waals surface area (Å²) in [6, 6.07) is 20.7. The van der Waals surface area contributed by atoms with E-state index >= 15 is 0 Å². The molecule has 37 heavy (non-hydrogen) atoms. The minimum absolute atomic E-state index is 0.0248. The number of fused-ring (bicyclic) bond motifs is 10. The van der Waals surface area contributed by atoms with E-state index in [1.807, 2.05) is 66.7 Å². The minimum Gasteiger partial charge on any atom is -0.383 e. The Morgan fingerprint density at radius 1 is 1.03 bits per heavy atom. The molecule has 4 bridgehead atoms. The summed E-state index contributed by atoms with van der Waals surface area (Å²) in [7, 11) is 1.78. The first kappa shape index (κ1) is 24.6. The predicted molar refractivity (Wildman–Crippen MR) is 151 cm³/mol. The van der Waals surface area contributed by atoms with Crippen LogP contribution in [0.4, 0.5) is 17.2 Å². The Morgan fingerprint density at radius 2 is 1.84 bits per heavy atom. The van der Waals surface area contributed by atoms with Gasteiger partial charge in [-0.3, -0.25) is 9.59 Å². The van der Waals surface area contributed by atoms with Crippen LogP contribution in [0.15, 0.2) is 77.8 Å². The van der Waals surface area contributed by atoms with Crippen LogP contribution in [0.25, 0.3) is 10.8 Å². The highest BCUT2D eigenvalue weighted by atomic mass is 32.1. The van der Waals surface area contributed by atoms with Crippen molar-refractivity contribution in [2.45, 2.75) is 36.7 Å². The summed E-state index contributed by atoms with van der Waals surface area (Å²) in [4.78, 5) is 32.9. The van der Waals surface area contributed by atoms with Crippen LogP contribution in [0.3, 0.4) is 0 Å². The number of nitrogens with one attached hydrogen (secondary N) is 2. The summed E-state index contributed by atoms with van der Waals surface area (Å²) in [6.07, 6.45) is 3.63. The monoisotopic (exact) mass is 511 g/mol. The predicted octanol–water partition coefficient (Wildman–Crippen LogP) is 5.19. The number of rotatable bonds is 2. The fourth-order valence-corrected chi connectivity index (χ4v) is 4.85. The molecular formula is C29H29N5O2S. The van der Waals surface area contributed by atoms with E-state index in [2.05, 4.69) is 28.2 Å². The highest BCUT2D eigenvalue weighted by Crippen LogP contribution is 2.28. The van der Waals surface area contributed by atoms with Gasteiger partial charge >= 0.3 is 0 Å². The maximum Gasteiger partial charge on any atom is 0.249 e. The molecule has 3 heterocycles. The summed E-state index contributed by atoms with van der Waals surface area (Å²) < 4.78 is 0. The van der Waals surface area contributed by atoms with Gasteiger partial charge in [-0.25, -0.2) is 4.98 Å². The second kappa shape index (κ2) is 10.5. The van der Waals surface area contributed by atoms with E-state index in [1.54, 1.807) is 18.1 Å². The molecular weight excluding hydrogens is 482 g/mol. The second-order valence-corrected chi connectivity index (χ2v) is 9.87. The van der Waals surface area contributed by atoms with Crippen molar-refractivity contribution in [3.05, 3.63) is 89.6 Å². The van der Waals surface area contributed by atoms with Crippen molar-refractivity contribution in [2.75, 3.05) is 23.4 Å². The van der Waals surface area contributed by atoms with Crippen LogP contribution in [0, 0.1) is 0 Å². The van der Waals surface area contributed by atoms with E-state index in [9.17, 15) is 9.59 Å². The Morgan fingerprint density at radius 3 is 2.65 bits per heavy atom. The van der Waals surface area contributed by atoms with Gasteiger partial charge < -0.3 is 21.3 Å². The zero-order valence-corrected chi connectivity index (χ0v) is 21.5. The van der Waals surface area contributed by atoms with Gasteiger partial charge in [-0.1, -0.05) is 24.3 Å². The number of nitrogen functional groups attached to an aromatic ring is 1. The Bertz CT molecular complexity index is 1470. The number of hydrogen-bond donors (Lipinski definition) is 4. The van der Waals surface area contributed by atoms with Crippen LogP contribution < -0.4 is 16.4 Å². The van der Waals surface area contributed by atoms with E-state index in [0.29, 0.717) is 24.5 Å². The van der Waals surface area contributed by atoms with Gasteiger partial charge in [0, 0.05) is 47.9 Å². The molecule has 0 spiro atoms.